The van der Waals surface area contributed by atoms with Gasteiger partial charge in [0.05, 0.1) is 7.11 Å². The molecule has 3 rings (SSSR count). The Kier molecular flexibility index (Phi) is 6.30. The van der Waals surface area contributed by atoms with Gasteiger partial charge in [0.25, 0.3) is 0 Å². The summed E-state index contributed by atoms with van der Waals surface area (Å²) in [4.78, 5) is 25.8. The van der Waals surface area contributed by atoms with Gasteiger partial charge in [-0.2, -0.15) is 0 Å². The minimum atomic E-state index is -0.245. The monoisotopic (exact) mass is 367 g/mol. The maximum absolute atomic E-state index is 12.0. The van der Waals surface area contributed by atoms with E-state index in [9.17, 15) is 9.59 Å². The number of carbonyl (C=O) groups is 2. The van der Waals surface area contributed by atoms with E-state index in [0.717, 1.165) is 42.8 Å². The van der Waals surface area contributed by atoms with E-state index in [-0.39, 0.29) is 11.9 Å². The van der Waals surface area contributed by atoms with Gasteiger partial charge in [0.15, 0.2) is 0 Å². The third kappa shape index (κ3) is 5.23. The second kappa shape index (κ2) is 9.07. The topological polar surface area (TPSA) is 70.7 Å². The molecule has 6 heteroatoms. The molecule has 1 saturated heterocycles. The number of ether oxygens (including phenoxy) is 1. The van der Waals surface area contributed by atoms with E-state index < -0.39 is 0 Å². The summed E-state index contributed by atoms with van der Waals surface area (Å²) in [6, 6.07) is 14.9. The second-order valence-electron chi connectivity index (χ2n) is 6.53. The number of piperidine rings is 1. The average molecular weight is 367 g/mol. The molecule has 0 bridgehead atoms. The van der Waals surface area contributed by atoms with Crippen molar-refractivity contribution < 1.29 is 14.3 Å². The number of amides is 3. The van der Waals surface area contributed by atoms with Crippen LogP contribution in [0, 0.1) is 0 Å². The third-order valence-corrected chi connectivity index (χ3v) is 4.62. The summed E-state index contributed by atoms with van der Waals surface area (Å²) in [7, 11) is 1.64. The molecule has 0 radical (unpaired) electrons. The Labute approximate surface area is 159 Å². The fraction of sp³-hybridized carbons (Fsp3) is 0.333. The standard InChI is InChI=1S/C21H25N3O3/c1-27-19-11-5-16(6-12-19)13-14-22-21(26)23-17-7-9-18(10-8-17)24-15-3-2-4-20(24)25/h5-12H,2-4,13-15H2,1H3,(H2,22,23,26). The van der Waals surface area contributed by atoms with Crippen LogP contribution in [0.15, 0.2) is 48.5 Å². The lowest BCUT2D eigenvalue weighted by Gasteiger charge is -2.26. The number of methoxy groups -OCH3 is 1. The molecule has 142 valence electrons. The van der Waals surface area contributed by atoms with Crippen molar-refractivity contribution in [3.05, 3.63) is 54.1 Å². The minimum Gasteiger partial charge on any atom is -0.497 e. The Bertz CT molecular complexity index is 772. The lowest BCUT2D eigenvalue weighted by Crippen LogP contribution is -2.35. The molecule has 1 aliphatic rings. The van der Waals surface area contributed by atoms with Crippen LogP contribution in [0.4, 0.5) is 16.2 Å². The Balaban J connectivity index is 1.45. The van der Waals surface area contributed by atoms with Crippen molar-refractivity contribution in [1.29, 1.82) is 0 Å². The SMILES string of the molecule is COc1ccc(CCNC(=O)Nc2ccc(N3CCCCC3=O)cc2)cc1. The highest BCUT2D eigenvalue weighted by Gasteiger charge is 2.19. The highest BCUT2D eigenvalue weighted by molar-refractivity contribution is 5.94. The molecule has 0 spiro atoms. The fourth-order valence-corrected chi connectivity index (χ4v) is 3.09. The van der Waals surface area contributed by atoms with E-state index in [4.69, 9.17) is 4.74 Å². The normalized spacial score (nSPS) is 14.0. The van der Waals surface area contributed by atoms with Crippen molar-refractivity contribution >= 4 is 23.3 Å². The van der Waals surface area contributed by atoms with Crippen molar-refractivity contribution in [1.82, 2.24) is 5.32 Å². The number of nitrogens with zero attached hydrogens (tertiary/aromatic N) is 1. The van der Waals surface area contributed by atoms with Crippen molar-refractivity contribution in [2.24, 2.45) is 0 Å². The van der Waals surface area contributed by atoms with Crippen molar-refractivity contribution in [3.8, 4) is 5.75 Å². The van der Waals surface area contributed by atoms with Gasteiger partial charge in [-0.3, -0.25) is 4.79 Å². The molecule has 0 aromatic heterocycles. The van der Waals surface area contributed by atoms with Crippen LogP contribution in [0.2, 0.25) is 0 Å². The number of hydrogen-bond acceptors (Lipinski definition) is 3. The number of carbonyl (C=O) groups excluding carboxylic acids is 2. The Morgan fingerprint density at radius 1 is 1.07 bits per heavy atom. The first-order valence-corrected chi connectivity index (χ1v) is 9.24. The van der Waals surface area contributed by atoms with Gasteiger partial charge in [-0.1, -0.05) is 12.1 Å². The van der Waals surface area contributed by atoms with E-state index >= 15 is 0 Å². The van der Waals surface area contributed by atoms with Crippen molar-refractivity contribution in [2.75, 3.05) is 30.4 Å². The zero-order valence-corrected chi connectivity index (χ0v) is 15.5. The van der Waals surface area contributed by atoms with Gasteiger partial charge >= 0.3 is 6.03 Å². The molecule has 2 aromatic carbocycles. The third-order valence-electron chi connectivity index (χ3n) is 4.62. The van der Waals surface area contributed by atoms with Crippen LogP contribution in [0.3, 0.4) is 0 Å². The number of hydrogen-bond donors (Lipinski definition) is 2. The van der Waals surface area contributed by atoms with Crippen LogP contribution in [-0.2, 0) is 11.2 Å². The first-order valence-electron chi connectivity index (χ1n) is 9.24. The molecule has 27 heavy (non-hydrogen) atoms. The van der Waals surface area contributed by atoms with Crippen molar-refractivity contribution in [3.63, 3.8) is 0 Å². The van der Waals surface area contributed by atoms with Gasteiger partial charge in [0.1, 0.15) is 5.75 Å². The van der Waals surface area contributed by atoms with Gasteiger partial charge in [0.2, 0.25) is 5.91 Å². The van der Waals surface area contributed by atoms with E-state index in [0.29, 0.717) is 18.7 Å². The average Bonchev–Trinajstić information content (AvgIpc) is 2.70. The van der Waals surface area contributed by atoms with E-state index in [2.05, 4.69) is 10.6 Å². The van der Waals surface area contributed by atoms with Crippen LogP contribution in [0.5, 0.6) is 5.75 Å². The second-order valence-corrected chi connectivity index (χ2v) is 6.53. The number of benzene rings is 2. The highest BCUT2D eigenvalue weighted by Crippen LogP contribution is 2.22. The van der Waals surface area contributed by atoms with Gasteiger partial charge in [-0.25, -0.2) is 4.79 Å². The summed E-state index contributed by atoms with van der Waals surface area (Å²) in [5, 5.41) is 5.66. The van der Waals surface area contributed by atoms with Crippen LogP contribution < -0.4 is 20.3 Å². The summed E-state index contributed by atoms with van der Waals surface area (Å²) in [6.45, 7) is 1.30. The first kappa shape index (κ1) is 18.8. The molecule has 1 aliphatic heterocycles. The van der Waals surface area contributed by atoms with E-state index in [1.807, 2.05) is 53.4 Å². The highest BCUT2D eigenvalue weighted by atomic mass is 16.5. The molecule has 3 amide bonds. The van der Waals surface area contributed by atoms with Gasteiger partial charge in [-0.15, -0.1) is 0 Å². The van der Waals surface area contributed by atoms with Crippen LogP contribution in [-0.4, -0.2) is 32.1 Å². The molecular weight excluding hydrogens is 342 g/mol. The lowest BCUT2D eigenvalue weighted by molar-refractivity contribution is -0.119. The minimum absolute atomic E-state index is 0.165. The number of anilines is 2. The zero-order valence-electron chi connectivity index (χ0n) is 15.5. The summed E-state index contributed by atoms with van der Waals surface area (Å²) in [6.07, 6.45) is 3.35. The Morgan fingerprint density at radius 2 is 1.81 bits per heavy atom. The predicted molar refractivity (Wildman–Crippen MR) is 106 cm³/mol. The summed E-state index contributed by atoms with van der Waals surface area (Å²) >= 11 is 0. The molecular formula is C21H25N3O3. The largest absolute Gasteiger partial charge is 0.497 e. The fourth-order valence-electron chi connectivity index (χ4n) is 3.09. The molecule has 0 saturated carbocycles. The van der Waals surface area contributed by atoms with Crippen LogP contribution in [0.25, 0.3) is 0 Å². The van der Waals surface area contributed by atoms with Gasteiger partial charge in [-0.05, 0) is 61.2 Å². The Hall–Kier alpha value is -3.02. The maximum Gasteiger partial charge on any atom is 0.319 e. The predicted octanol–water partition coefficient (Wildman–Crippen LogP) is 3.58. The first-order chi connectivity index (χ1) is 13.2. The number of rotatable bonds is 6. The number of urea groups is 1. The molecule has 1 fully saturated rings. The molecule has 0 unspecified atom stereocenters. The van der Waals surface area contributed by atoms with E-state index in [1.54, 1.807) is 7.11 Å². The quantitative estimate of drug-likeness (QED) is 0.820. The van der Waals surface area contributed by atoms with Crippen LogP contribution >= 0.6 is 0 Å². The maximum atomic E-state index is 12.0. The molecule has 0 atom stereocenters. The molecule has 2 N–H and O–H groups in total. The summed E-state index contributed by atoms with van der Waals surface area (Å²) in [5.74, 6) is 0.984. The summed E-state index contributed by atoms with van der Waals surface area (Å²) < 4.78 is 5.13. The lowest BCUT2D eigenvalue weighted by atomic mass is 10.1. The molecule has 6 nitrogen and oxygen atoms in total. The van der Waals surface area contributed by atoms with Gasteiger partial charge in [0, 0.05) is 30.9 Å². The molecule has 2 aromatic rings. The van der Waals surface area contributed by atoms with E-state index in [1.165, 1.54) is 0 Å². The number of nitrogens with one attached hydrogen (secondary N) is 2. The van der Waals surface area contributed by atoms with Crippen molar-refractivity contribution in [2.45, 2.75) is 25.7 Å². The Morgan fingerprint density at radius 3 is 2.48 bits per heavy atom. The smallest absolute Gasteiger partial charge is 0.319 e. The van der Waals surface area contributed by atoms with Gasteiger partial charge < -0.3 is 20.3 Å². The molecule has 1 heterocycles. The molecule has 0 aliphatic carbocycles. The summed E-state index contributed by atoms with van der Waals surface area (Å²) in [5.41, 5.74) is 2.71. The zero-order chi connectivity index (χ0) is 19.1. The van der Waals surface area contributed by atoms with Crippen LogP contribution in [0.1, 0.15) is 24.8 Å².